The number of piperidine rings is 1. The van der Waals surface area contributed by atoms with Gasteiger partial charge in [0.25, 0.3) is 10.0 Å². The number of aromatic nitrogens is 2. The monoisotopic (exact) mass is 438 g/mol. The smallest absolute Gasteiger partial charge is 0.261 e. The van der Waals surface area contributed by atoms with Gasteiger partial charge in [0.1, 0.15) is 5.75 Å². The van der Waals surface area contributed by atoms with Crippen LogP contribution in [0.2, 0.25) is 0 Å². The molecule has 3 aromatic rings. The second kappa shape index (κ2) is 8.93. The number of nitrogens with one attached hydrogen (secondary N) is 1. The van der Waals surface area contributed by atoms with Crippen molar-refractivity contribution in [2.45, 2.75) is 31.1 Å². The zero-order valence-electron chi connectivity index (χ0n) is 17.7. The third kappa shape index (κ3) is 4.80. The molecular formula is C23H26N4O3S. The molecule has 1 aliphatic heterocycles. The minimum Gasteiger partial charge on any atom is -0.496 e. The van der Waals surface area contributed by atoms with Gasteiger partial charge >= 0.3 is 0 Å². The van der Waals surface area contributed by atoms with E-state index in [9.17, 15) is 8.42 Å². The van der Waals surface area contributed by atoms with Gasteiger partial charge in [0.05, 0.1) is 17.7 Å². The van der Waals surface area contributed by atoms with Crippen LogP contribution in [-0.2, 0) is 10.0 Å². The fraction of sp³-hybridized carbons (Fsp3) is 0.304. The summed E-state index contributed by atoms with van der Waals surface area (Å²) in [6.45, 7) is 3.86. The Morgan fingerprint density at radius 3 is 2.29 bits per heavy atom. The van der Waals surface area contributed by atoms with Crippen molar-refractivity contribution in [2.24, 2.45) is 0 Å². The van der Waals surface area contributed by atoms with Crippen molar-refractivity contribution < 1.29 is 13.2 Å². The van der Waals surface area contributed by atoms with Gasteiger partial charge in [-0.2, -0.15) is 0 Å². The first-order chi connectivity index (χ1) is 15.0. The summed E-state index contributed by atoms with van der Waals surface area (Å²) in [5.74, 6) is 1.55. The standard InChI is InChI=1S/C23H26N4O3S/c1-17-16-20(10-12-22(17)30-2)31(28,29)26-19-8-6-18(7-9-19)21-11-13-23(25-24-21)27-14-4-3-5-15-27/h6-13,16,26H,3-5,14-15H2,1-2H3. The van der Waals surface area contributed by atoms with E-state index < -0.39 is 10.0 Å². The number of ether oxygens (including phenoxy) is 1. The van der Waals surface area contributed by atoms with Crippen molar-refractivity contribution in [3.05, 3.63) is 60.2 Å². The van der Waals surface area contributed by atoms with E-state index in [1.807, 2.05) is 31.2 Å². The first kappa shape index (κ1) is 21.1. The molecule has 0 saturated carbocycles. The van der Waals surface area contributed by atoms with Crippen LogP contribution in [0.15, 0.2) is 59.5 Å². The van der Waals surface area contributed by atoms with E-state index >= 15 is 0 Å². The number of rotatable bonds is 6. The van der Waals surface area contributed by atoms with Crippen LogP contribution in [0.1, 0.15) is 24.8 Å². The Bertz CT molecular complexity index is 1140. The van der Waals surface area contributed by atoms with Gasteiger partial charge in [-0.15, -0.1) is 10.2 Å². The molecular weight excluding hydrogens is 412 g/mol. The van der Waals surface area contributed by atoms with Gasteiger partial charge in [0.15, 0.2) is 5.82 Å². The number of anilines is 2. The summed E-state index contributed by atoms with van der Waals surface area (Å²) in [5.41, 5.74) is 2.87. The second-order valence-electron chi connectivity index (χ2n) is 7.64. The van der Waals surface area contributed by atoms with Gasteiger partial charge in [0.2, 0.25) is 0 Å². The van der Waals surface area contributed by atoms with Gasteiger partial charge < -0.3 is 9.64 Å². The highest BCUT2D eigenvalue weighted by Crippen LogP contribution is 2.25. The molecule has 31 heavy (non-hydrogen) atoms. The predicted molar refractivity (Wildman–Crippen MR) is 122 cm³/mol. The first-order valence-electron chi connectivity index (χ1n) is 10.3. The van der Waals surface area contributed by atoms with Gasteiger partial charge in [-0.05, 0) is 74.2 Å². The van der Waals surface area contributed by atoms with Gasteiger partial charge in [-0.3, -0.25) is 4.72 Å². The summed E-state index contributed by atoms with van der Waals surface area (Å²) in [4.78, 5) is 2.45. The van der Waals surface area contributed by atoms with Crippen LogP contribution in [-0.4, -0.2) is 38.8 Å². The average Bonchev–Trinajstić information content (AvgIpc) is 2.80. The number of benzene rings is 2. The molecule has 0 unspecified atom stereocenters. The SMILES string of the molecule is COc1ccc(S(=O)(=O)Nc2ccc(-c3ccc(N4CCCCC4)nn3)cc2)cc1C. The molecule has 2 aromatic carbocycles. The molecule has 7 nitrogen and oxygen atoms in total. The zero-order valence-corrected chi connectivity index (χ0v) is 18.5. The maximum Gasteiger partial charge on any atom is 0.261 e. The maximum absolute atomic E-state index is 12.7. The van der Waals surface area contributed by atoms with Crippen LogP contribution in [0.5, 0.6) is 5.75 Å². The van der Waals surface area contributed by atoms with Crippen LogP contribution in [0.3, 0.4) is 0 Å². The number of methoxy groups -OCH3 is 1. The first-order valence-corrected chi connectivity index (χ1v) is 11.8. The Labute approximate surface area is 183 Å². The topological polar surface area (TPSA) is 84.4 Å². The Morgan fingerprint density at radius 2 is 1.68 bits per heavy atom. The molecule has 0 aliphatic carbocycles. The highest BCUT2D eigenvalue weighted by molar-refractivity contribution is 7.92. The summed E-state index contributed by atoms with van der Waals surface area (Å²) in [7, 11) is -2.14. The largest absolute Gasteiger partial charge is 0.496 e. The van der Waals surface area contributed by atoms with E-state index in [0.717, 1.165) is 35.7 Å². The Hall–Kier alpha value is -3.13. The lowest BCUT2D eigenvalue weighted by Gasteiger charge is -2.27. The number of sulfonamides is 1. The van der Waals surface area contributed by atoms with E-state index in [0.29, 0.717) is 11.4 Å². The van der Waals surface area contributed by atoms with Gasteiger partial charge in [0, 0.05) is 24.3 Å². The van der Waals surface area contributed by atoms with Gasteiger partial charge in [-0.1, -0.05) is 12.1 Å². The molecule has 4 rings (SSSR count). The fourth-order valence-corrected chi connectivity index (χ4v) is 4.86. The van der Waals surface area contributed by atoms with Crippen LogP contribution in [0.25, 0.3) is 11.3 Å². The number of hydrogen-bond donors (Lipinski definition) is 1. The quantitative estimate of drug-likeness (QED) is 0.619. The van der Waals surface area contributed by atoms with E-state index in [1.54, 1.807) is 31.4 Å². The summed E-state index contributed by atoms with van der Waals surface area (Å²) in [6.07, 6.45) is 3.66. The third-order valence-electron chi connectivity index (χ3n) is 5.44. The third-order valence-corrected chi connectivity index (χ3v) is 6.82. The van der Waals surface area contributed by atoms with Crippen molar-refractivity contribution in [1.29, 1.82) is 0 Å². The highest BCUT2D eigenvalue weighted by Gasteiger charge is 2.16. The van der Waals surface area contributed by atoms with Crippen molar-refractivity contribution in [1.82, 2.24) is 10.2 Å². The molecule has 1 aliphatic rings. The van der Waals surface area contributed by atoms with Crippen molar-refractivity contribution in [3.63, 3.8) is 0 Å². The lowest BCUT2D eigenvalue weighted by Crippen LogP contribution is -2.30. The Morgan fingerprint density at radius 1 is 0.935 bits per heavy atom. The molecule has 1 fully saturated rings. The Kier molecular flexibility index (Phi) is 6.08. The van der Waals surface area contributed by atoms with Crippen LogP contribution in [0.4, 0.5) is 11.5 Å². The summed E-state index contributed by atoms with van der Waals surface area (Å²) < 4.78 is 33.3. The van der Waals surface area contributed by atoms with Crippen molar-refractivity contribution in [3.8, 4) is 17.0 Å². The van der Waals surface area contributed by atoms with E-state index in [1.165, 1.54) is 25.3 Å². The fourth-order valence-electron chi connectivity index (χ4n) is 3.71. The van der Waals surface area contributed by atoms with E-state index in [2.05, 4.69) is 19.8 Å². The minimum atomic E-state index is -3.70. The highest BCUT2D eigenvalue weighted by atomic mass is 32.2. The van der Waals surface area contributed by atoms with Crippen LogP contribution in [0, 0.1) is 6.92 Å². The number of nitrogens with zero attached hydrogens (tertiary/aromatic N) is 3. The lowest BCUT2D eigenvalue weighted by atomic mass is 10.1. The van der Waals surface area contributed by atoms with Crippen molar-refractivity contribution >= 4 is 21.5 Å². The molecule has 0 spiro atoms. The minimum absolute atomic E-state index is 0.189. The molecule has 0 atom stereocenters. The maximum atomic E-state index is 12.7. The average molecular weight is 439 g/mol. The van der Waals surface area contributed by atoms with Crippen LogP contribution < -0.4 is 14.4 Å². The van der Waals surface area contributed by atoms with E-state index in [-0.39, 0.29) is 4.90 Å². The number of hydrogen-bond acceptors (Lipinski definition) is 6. The molecule has 0 radical (unpaired) electrons. The molecule has 1 saturated heterocycles. The summed E-state index contributed by atoms with van der Waals surface area (Å²) in [6, 6.07) is 15.8. The normalized spacial score (nSPS) is 14.3. The zero-order chi connectivity index (χ0) is 21.8. The van der Waals surface area contributed by atoms with E-state index in [4.69, 9.17) is 4.74 Å². The lowest BCUT2D eigenvalue weighted by molar-refractivity contribution is 0.411. The Balaban J connectivity index is 1.47. The molecule has 1 N–H and O–H groups in total. The number of aryl methyl sites for hydroxylation is 1. The molecule has 0 bridgehead atoms. The summed E-state index contributed by atoms with van der Waals surface area (Å²) in [5, 5.41) is 8.74. The molecule has 162 valence electrons. The van der Waals surface area contributed by atoms with Crippen LogP contribution >= 0.6 is 0 Å². The molecule has 8 heteroatoms. The second-order valence-corrected chi connectivity index (χ2v) is 9.32. The molecule has 2 heterocycles. The molecule has 0 amide bonds. The molecule has 1 aromatic heterocycles. The predicted octanol–water partition coefficient (Wildman–Crippen LogP) is 4.25. The van der Waals surface area contributed by atoms with Gasteiger partial charge in [-0.25, -0.2) is 8.42 Å². The van der Waals surface area contributed by atoms with Crippen molar-refractivity contribution in [2.75, 3.05) is 29.8 Å². The summed E-state index contributed by atoms with van der Waals surface area (Å²) >= 11 is 0.